The number of hydrogen-bond donors (Lipinski definition) is 1. The van der Waals surface area contributed by atoms with E-state index in [9.17, 15) is 4.79 Å². The van der Waals surface area contributed by atoms with E-state index in [4.69, 9.17) is 0 Å². The van der Waals surface area contributed by atoms with Crippen LogP contribution in [0.5, 0.6) is 0 Å². The van der Waals surface area contributed by atoms with Crippen molar-refractivity contribution in [3.63, 3.8) is 0 Å². The first-order valence-corrected chi connectivity index (χ1v) is 4.99. The first-order valence-electron chi connectivity index (χ1n) is 4.99. The number of allylic oxidation sites excluding steroid dienone is 3. The fourth-order valence-corrected chi connectivity index (χ4v) is 1.29. The largest absolute Gasteiger partial charge is 0.356 e. The lowest BCUT2D eigenvalue weighted by molar-refractivity contribution is -0.116. The van der Waals surface area contributed by atoms with E-state index in [1.807, 2.05) is 30.3 Å². The number of nitrogens with one attached hydrogen (secondary N) is 1. The zero-order valence-corrected chi connectivity index (χ0v) is 9.36. The van der Waals surface area contributed by atoms with Crippen LogP contribution in [0.4, 0.5) is 0 Å². The predicted octanol–water partition coefficient (Wildman–Crippen LogP) is 2.56. The molecule has 0 fully saturated rings. The lowest BCUT2D eigenvalue weighted by Crippen LogP contribution is -2.15. The Bertz CT molecular complexity index is 429. The molecule has 0 unspecified atom stereocenters. The maximum absolute atomic E-state index is 11.4. The quantitative estimate of drug-likeness (QED) is 0.604. The third kappa shape index (κ3) is 2.95. The van der Waals surface area contributed by atoms with Gasteiger partial charge >= 0.3 is 0 Å². The van der Waals surface area contributed by atoms with Gasteiger partial charge in [0.05, 0.1) is 0 Å². The highest BCUT2D eigenvalue weighted by Gasteiger charge is 2.05. The van der Waals surface area contributed by atoms with Gasteiger partial charge in [-0.15, -0.1) is 0 Å². The summed E-state index contributed by atoms with van der Waals surface area (Å²) in [4.78, 5) is 11.4. The van der Waals surface area contributed by atoms with E-state index >= 15 is 0 Å². The van der Waals surface area contributed by atoms with Crippen LogP contribution in [0.15, 0.2) is 61.2 Å². The van der Waals surface area contributed by atoms with Crippen LogP contribution in [0.1, 0.15) is 5.56 Å². The summed E-state index contributed by atoms with van der Waals surface area (Å²) in [5.41, 5.74) is 2.47. The molecule has 0 saturated heterocycles. The minimum absolute atomic E-state index is 0.151. The Hall–Kier alpha value is -2.09. The number of amides is 1. The van der Waals surface area contributed by atoms with Crippen molar-refractivity contribution in [3.8, 4) is 0 Å². The number of rotatable bonds is 4. The molecule has 1 N–H and O–H groups in total. The fraction of sp³-hybridized carbons (Fsp3) is 0.0714. The van der Waals surface area contributed by atoms with E-state index in [1.54, 1.807) is 13.1 Å². The molecular weight excluding hydrogens is 198 g/mol. The summed E-state index contributed by atoms with van der Waals surface area (Å²) in [6, 6.07) is 9.64. The molecule has 0 aliphatic carbocycles. The smallest absolute Gasteiger partial charge is 0.244 e. The van der Waals surface area contributed by atoms with Crippen LogP contribution >= 0.6 is 0 Å². The van der Waals surface area contributed by atoms with Crippen molar-refractivity contribution >= 4 is 11.5 Å². The Balaban J connectivity index is 3.16. The van der Waals surface area contributed by atoms with E-state index in [0.29, 0.717) is 0 Å². The highest BCUT2D eigenvalue weighted by molar-refractivity contribution is 5.99. The summed E-state index contributed by atoms with van der Waals surface area (Å²) in [5, 5.41) is 2.55. The zero-order valence-electron chi connectivity index (χ0n) is 9.36. The fourth-order valence-electron chi connectivity index (χ4n) is 1.29. The molecule has 2 nitrogen and oxygen atoms in total. The van der Waals surface area contributed by atoms with Crippen molar-refractivity contribution in [1.29, 1.82) is 0 Å². The molecule has 0 aromatic heterocycles. The van der Waals surface area contributed by atoms with Crippen LogP contribution in [-0.2, 0) is 4.79 Å². The maximum atomic E-state index is 11.4. The molecule has 0 aliphatic rings. The van der Waals surface area contributed by atoms with E-state index in [0.717, 1.165) is 16.7 Å². The summed E-state index contributed by atoms with van der Waals surface area (Å²) >= 11 is 0. The van der Waals surface area contributed by atoms with Gasteiger partial charge in [0.1, 0.15) is 0 Å². The van der Waals surface area contributed by atoms with Gasteiger partial charge in [-0.1, -0.05) is 49.6 Å². The molecule has 0 spiro atoms. The van der Waals surface area contributed by atoms with Gasteiger partial charge in [-0.25, -0.2) is 0 Å². The second-order valence-corrected chi connectivity index (χ2v) is 3.27. The van der Waals surface area contributed by atoms with Crippen LogP contribution in [0.25, 0.3) is 5.57 Å². The highest BCUT2D eigenvalue weighted by Crippen LogP contribution is 2.21. The minimum Gasteiger partial charge on any atom is -0.356 e. The number of carbonyl (C=O) groups is 1. The van der Waals surface area contributed by atoms with Crippen molar-refractivity contribution in [1.82, 2.24) is 5.32 Å². The molecule has 82 valence electrons. The summed E-state index contributed by atoms with van der Waals surface area (Å²) in [7, 11) is 1.60. The van der Waals surface area contributed by atoms with E-state index < -0.39 is 0 Å². The highest BCUT2D eigenvalue weighted by atomic mass is 16.1. The SMILES string of the molecule is C=CC(=C)/C(=C\C(=O)NC)c1ccccc1. The Morgan fingerprint density at radius 1 is 1.31 bits per heavy atom. The Morgan fingerprint density at radius 2 is 1.94 bits per heavy atom. The van der Waals surface area contributed by atoms with Gasteiger partial charge < -0.3 is 5.32 Å². The van der Waals surface area contributed by atoms with Gasteiger partial charge in [0, 0.05) is 13.1 Å². The Morgan fingerprint density at radius 3 is 2.44 bits per heavy atom. The molecular formula is C14H15NO. The molecule has 0 heterocycles. The average Bonchev–Trinajstić information content (AvgIpc) is 2.35. The average molecular weight is 213 g/mol. The summed E-state index contributed by atoms with van der Waals surface area (Å²) in [5.74, 6) is -0.151. The molecule has 1 aromatic rings. The molecule has 0 aliphatic heterocycles. The lowest BCUT2D eigenvalue weighted by atomic mass is 9.98. The van der Waals surface area contributed by atoms with Crippen LogP contribution in [0.2, 0.25) is 0 Å². The topological polar surface area (TPSA) is 29.1 Å². The summed E-state index contributed by atoms with van der Waals surface area (Å²) < 4.78 is 0. The summed E-state index contributed by atoms with van der Waals surface area (Å²) in [6.07, 6.45) is 3.17. The van der Waals surface area contributed by atoms with E-state index in [-0.39, 0.29) is 5.91 Å². The van der Waals surface area contributed by atoms with Crippen molar-refractivity contribution in [2.24, 2.45) is 0 Å². The number of likely N-dealkylation sites (N-methyl/N-ethyl adjacent to an activating group) is 1. The molecule has 0 atom stereocenters. The van der Waals surface area contributed by atoms with E-state index in [1.165, 1.54) is 6.08 Å². The molecule has 0 radical (unpaired) electrons. The van der Waals surface area contributed by atoms with Gasteiger partial charge in [0.25, 0.3) is 0 Å². The molecule has 16 heavy (non-hydrogen) atoms. The number of hydrogen-bond acceptors (Lipinski definition) is 1. The molecule has 1 amide bonds. The van der Waals surface area contributed by atoms with Gasteiger partial charge in [-0.2, -0.15) is 0 Å². The molecule has 1 aromatic carbocycles. The van der Waals surface area contributed by atoms with Gasteiger partial charge in [-0.05, 0) is 16.7 Å². The number of benzene rings is 1. The monoisotopic (exact) mass is 213 g/mol. The normalized spacial score (nSPS) is 10.7. The van der Waals surface area contributed by atoms with Crippen molar-refractivity contribution < 1.29 is 4.79 Å². The van der Waals surface area contributed by atoms with Gasteiger partial charge in [0.2, 0.25) is 5.91 Å². The number of carbonyl (C=O) groups excluding carboxylic acids is 1. The molecule has 1 rings (SSSR count). The van der Waals surface area contributed by atoms with Crippen LogP contribution < -0.4 is 5.32 Å². The Kier molecular flexibility index (Phi) is 4.28. The lowest BCUT2D eigenvalue weighted by Gasteiger charge is -2.07. The molecule has 0 bridgehead atoms. The van der Waals surface area contributed by atoms with Crippen LogP contribution in [0, 0.1) is 0 Å². The first kappa shape index (κ1) is 12.0. The van der Waals surface area contributed by atoms with Crippen LogP contribution in [-0.4, -0.2) is 13.0 Å². The van der Waals surface area contributed by atoms with Crippen molar-refractivity contribution in [2.45, 2.75) is 0 Å². The Labute approximate surface area is 96.0 Å². The first-order chi connectivity index (χ1) is 7.69. The molecule has 2 heteroatoms. The molecule has 0 saturated carbocycles. The third-order valence-electron chi connectivity index (χ3n) is 2.20. The second kappa shape index (κ2) is 5.71. The minimum atomic E-state index is -0.151. The van der Waals surface area contributed by atoms with Crippen LogP contribution in [0.3, 0.4) is 0 Å². The van der Waals surface area contributed by atoms with Gasteiger partial charge in [-0.3, -0.25) is 4.79 Å². The van der Waals surface area contributed by atoms with Crippen molar-refractivity contribution in [2.75, 3.05) is 7.05 Å². The van der Waals surface area contributed by atoms with Crippen molar-refractivity contribution in [3.05, 3.63) is 66.8 Å². The predicted molar refractivity (Wildman–Crippen MR) is 67.8 cm³/mol. The standard InChI is InChI=1S/C14H15NO/c1-4-11(2)13(10-14(16)15-3)12-8-6-5-7-9-12/h4-10H,1-2H2,3H3,(H,15,16)/b13-10+. The zero-order chi connectivity index (χ0) is 12.0. The van der Waals surface area contributed by atoms with Gasteiger partial charge in [0.15, 0.2) is 0 Å². The third-order valence-corrected chi connectivity index (χ3v) is 2.20. The second-order valence-electron chi connectivity index (χ2n) is 3.27. The van der Waals surface area contributed by atoms with E-state index in [2.05, 4.69) is 18.5 Å². The maximum Gasteiger partial charge on any atom is 0.244 e. The summed E-state index contributed by atoms with van der Waals surface area (Å²) in [6.45, 7) is 7.54.